The molecule has 100 valence electrons. The monoisotopic (exact) mass is 240 g/mol. The number of hydrogen-bond acceptors (Lipinski definition) is 3. The van der Waals surface area contributed by atoms with Crippen molar-refractivity contribution in [1.82, 2.24) is 10.2 Å². The van der Waals surface area contributed by atoms with Crippen LogP contribution in [0.3, 0.4) is 0 Å². The Bertz CT molecular complexity index is 218. The van der Waals surface area contributed by atoms with Crippen LogP contribution in [0.4, 0.5) is 0 Å². The highest BCUT2D eigenvalue weighted by molar-refractivity contribution is 4.84. The second-order valence-corrected chi connectivity index (χ2v) is 6.08. The Morgan fingerprint density at radius 2 is 2.12 bits per heavy atom. The van der Waals surface area contributed by atoms with Crippen molar-refractivity contribution in [2.24, 2.45) is 11.8 Å². The summed E-state index contributed by atoms with van der Waals surface area (Å²) < 4.78 is 0. The highest BCUT2D eigenvalue weighted by atomic mass is 16.3. The standard InChI is InChI=1S/C14H28N2O/c1-12-8-14(15-6-3-7-17)11-16(9-12)10-13-4-2-5-13/h12-15,17H,2-11H2,1H3. The number of aliphatic hydroxyl groups is 1. The molecule has 0 amide bonds. The molecule has 2 N–H and O–H groups in total. The summed E-state index contributed by atoms with van der Waals surface area (Å²) in [5.41, 5.74) is 0. The number of nitrogens with one attached hydrogen (secondary N) is 1. The third-order valence-corrected chi connectivity index (χ3v) is 4.24. The van der Waals surface area contributed by atoms with Crippen LogP contribution in [-0.4, -0.2) is 48.8 Å². The lowest BCUT2D eigenvalue weighted by Gasteiger charge is -2.40. The van der Waals surface area contributed by atoms with Crippen molar-refractivity contribution in [3.05, 3.63) is 0 Å². The van der Waals surface area contributed by atoms with E-state index in [4.69, 9.17) is 5.11 Å². The molecule has 3 heteroatoms. The zero-order valence-electron chi connectivity index (χ0n) is 11.2. The summed E-state index contributed by atoms with van der Waals surface area (Å²) in [6, 6.07) is 0.644. The summed E-state index contributed by atoms with van der Waals surface area (Å²) in [7, 11) is 0. The van der Waals surface area contributed by atoms with Crippen LogP contribution in [-0.2, 0) is 0 Å². The third kappa shape index (κ3) is 4.23. The largest absolute Gasteiger partial charge is 0.396 e. The maximum absolute atomic E-state index is 8.81. The van der Waals surface area contributed by atoms with Crippen LogP contribution in [0, 0.1) is 11.8 Å². The van der Waals surface area contributed by atoms with Gasteiger partial charge in [0.05, 0.1) is 0 Å². The van der Waals surface area contributed by atoms with Crippen molar-refractivity contribution in [3.63, 3.8) is 0 Å². The van der Waals surface area contributed by atoms with Crippen molar-refractivity contribution < 1.29 is 5.11 Å². The molecular weight excluding hydrogens is 212 g/mol. The van der Waals surface area contributed by atoms with E-state index in [9.17, 15) is 0 Å². The second kappa shape index (κ2) is 6.72. The fraction of sp³-hybridized carbons (Fsp3) is 1.00. The third-order valence-electron chi connectivity index (χ3n) is 4.24. The first-order chi connectivity index (χ1) is 8.28. The van der Waals surface area contributed by atoms with E-state index in [1.165, 1.54) is 45.3 Å². The van der Waals surface area contributed by atoms with Crippen LogP contribution in [0.2, 0.25) is 0 Å². The van der Waals surface area contributed by atoms with Crippen molar-refractivity contribution in [1.29, 1.82) is 0 Å². The SMILES string of the molecule is CC1CC(NCCCO)CN(CC2CCC2)C1. The van der Waals surface area contributed by atoms with Crippen LogP contribution in [0.15, 0.2) is 0 Å². The zero-order chi connectivity index (χ0) is 12.1. The fourth-order valence-corrected chi connectivity index (χ4v) is 3.18. The van der Waals surface area contributed by atoms with Crippen molar-refractivity contribution in [2.75, 3.05) is 32.8 Å². The Hall–Kier alpha value is -0.120. The van der Waals surface area contributed by atoms with Gasteiger partial charge in [0.15, 0.2) is 0 Å². The van der Waals surface area contributed by atoms with Gasteiger partial charge in [0, 0.05) is 32.3 Å². The minimum absolute atomic E-state index is 0.307. The molecule has 3 nitrogen and oxygen atoms in total. The average Bonchev–Trinajstić information content (AvgIpc) is 2.23. The predicted molar refractivity (Wildman–Crippen MR) is 71.1 cm³/mol. The molecule has 0 spiro atoms. The minimum Gasteiger partial charge on any atom is -0.396 e. The first-order valence-corrected chi connectivity index (χ1v) is 7.34. The maximum atomic E-state index is 8.81. The van der Waals surface area contributed by atoms with E-state index in [1.807, 2.05) is 0 Å². The molecule has 1 saturated carbocycles. The molecule has 2 rings (SSSR count). The molecule has 1 aliphatic heterocycles. The summed E-state index contributed by atoms with van der Waals surface area (Å²) in [6.45, 7) is 7.46. The summed E-state index contributed by atoms with van der Waals surface area (Å²) in [5.74, 6) is 1.80. The van der Waals surface area contributed by atoms with Crippen LogP contribution < -0.4 is 5.32 Å². The van der Waals surface area contributed by atoms with E-state index in [2.05, 4.69) is 17.1 Å². The van der Waals surface area contributed by atoms with Gasteiger partial charge in [-0.25, -0.2) is 0 Å². The molecule has 0 radical (unpaired) electrons. The first-order valence-electron chi connectivity index (χ1n) is 7.34. The van der Waals surface area contributed by atoms with E-state index in [0.29, 0.717) is 12.6 Å². The molecule has 0 aromatic rings. The highest BCUT2D eigenvalue weighted by Gasteiger charge is 2.27. The summed E-state index contributed by atoms with van der Waals surface area (Å²) in [5, 5.41) is 12.4. The maximum Gasteiger partial charge on any atom is 0.0443 e. The molecule has 1 heterocycles. The molecule has 17 heavy (non-hydrogen) atoms. The normalized spacial score (nSPS) is 31.4. The van der Waals surface area contributed by atoms with Gasteiger partial charge in [0.2, 0.25) is 0 Å². The van der Waals surface area contributed by atoms with Gasteiger partial charge in [-0.3, -0.25) is 0 Å². The van der Waals surface area contributed by atoms with E-state index < -0.39 is 0 Å². The summed E-state index contributed by atoms with van der Waals surface area (Å²) >= 11 is 0. The lowest BCUT2D eigenvalue weighted by Crippen LogP contribution is -2.50. The van der Waals surface area contributed by atoms with Crippen molar-refractivity contribution in [2.45, 2.75) is 45.1 Å². The Kier molecular flexibility index (Phi) is 5.26. The molecule has 0 bridgehead atoms. The van der Waals surface area contributed by atoms with Crippen molar-refractivity contribution in [3.8, 4) is 0 Å². The van der Waals surface area contributed by atoms with Gasteiger partial charge < -0.3 is 15.3 Å². The molecule has 1 saturated heterocycles. The smallest absolute Gasteiger partial charge is 0.0443 e. The minimum atomic E-state index is 0.307. The molecule has 1 aliphatic carbocycles. The van der Waals surface area contributed by atoms with Gasteiger partial charge in [0.25, 0.3) is 0 Å². The van der Waals surface area contributed by atoms with Gasteiger partial charge in [-0.1, -0.05) is 13.3 Å². The molecule has 2 unspecified atom stereocenters. The van der Waals surface area contributed by atoms with Crippen LogP contribution in [0.1, 0.15) is 39.0 Å². The van der Waals surface area contributed by atoms with E-state index in [1.54, 1.807) is 0 Å². The Balaban J connectivity index is 1.70. The lowest BCUT2D eigenvalue weighted by molar-refractivity contribution is 0.107. The zero-order valence-corrected chi connectivity index (χ0v) is 11.2. The van der Waals surface area contributed by atoms with E-state index in [0.717, 1.165) is 24.8 Å². The molecule has 0 aromatic heterocycles. The van der Waals surface area contributed by atoms with Gasteiger partial charge in [-0.15, -0.1) is 0 Å². The quantitative estimate of drug-likeness (QED) is 0.690. The molecular formula is C14H28N2O. The lowest BCUT2D eigenvalue weighted by atomic mass is 9.84. The molecule has 2 atom stereocenters. The Morgan fingerprint density at radius 1 is 1.29 bits per heavy atom. The molecule has 0 aromatic carbocycles. The molecule has 2 fully saturated rings. The van der Waals surface area contributed by atoms with Crippen LogP contribution in [0.25, 0.3) is 0 Å². The van der Waals surface area contributed by atoms with Gasteiger partial charge in [-0.2, -0.15) is 0 Å². The average molecular weight is 240 g/mol. The van der Waals surface area contributed by atoms with Crippen molar-refractivity contribution >= 4 is 0 Å². The van der Waals surface area contributed by atoms with Gasteiger partial charge >= 0.3 is 0 Å². The number of hydrogen-bond donors (Lipinski definition) is 2. The fourth-order valence-electron chi connectivity index (χ4n) is 3.18. The van der Waals surface area contributed by atoms with Crippen LogP contribution in [0.5, 0.6) is 0 Å². The predicted octanol–water partition coefficient (Wildman–Crippen LogP) is 1.47. The molecule has 2 aliphatic rings. The topological polar surface area (TPSA) is 35.5 Å². The Morgan fingerprint density at radius 3 is 2.76 bits per heavy atom. The van der Waals surface area contributed by atoms with Gasteiger partial charge in [-0.05, 0) is 44.1 Å². The highest BCUT2D eigenvalue weighted by Crippen LogP contribution is 2.28. The van der Waals surface area contributed by atoms with Gasteiger partial charge in [0.1, 0.15) is 0 Å². The van der Waals surface area contributed by atoms with E-state index in [-0.39, 0.29) is 0 Å². The Labute approximate surface area is 106 Å². The number of rotatable bonds is 6. The van der Waals surface area contributed by atoms with E-state index >= 15 is 0 Å². The number of likely N-dealkylation sites (tertiary alicyclic amines) is 1. The number of aliphatic hydroxyl groups excluding tert-OH is 1. The first kappa shape index (κ1) is 13.3. The summed E-state index contributed by atoms with van der Waals surface area (Å²) in [4.78, 5) is 2.66. The summed E-state index contributed by atoms with van der Waals surface area (Å²) in [6.07, 6.45) is 6.54. The number of nitrogens with zero attached hydrogens (tertiary/aromatic N) is 1. The van der Waals surface area contributed by atoms with Crippen LogP contribution >= 0.6 is 0 Å². The number of piperidine rings is 1. The second-order valence-electron chi connectivity index (χ2n) is 6.08.